The second kappa shape index (κ2) is 4.98. The molecule has 1 aliphatic heterocycles. The van der Waals surface area contributed by atoms with Crippen LogP contribution < -0.4 is 0 Å². The van der Waals surface area contributed by atoms with Crippen LogP contribution in [0.5, 0.6) is 0 Å². The SMILES string of the molecule is CCCCCC(=O)N1C(=O)C2CCCCC21. The van der Waals surface area contributed by atoms with Gasteiger partial charge in [0.1, 0.15) is 0 Å². The lowest BCUT2D eigenvalue weighted by Gasteiger charge is -2.48. The third-order valence-electron chi connectivity index (χ3n) is 3.88. The first-order valence-electron chi connectivity index (χ1n) is 6.61. The number of rotatable bonds is 4. The number of β-lactam (4-membered cyclic amide) rings is 1. The van der Waals surface area contributed by atoms with Crippen molar-refractivity contribution in [3.05, 3.63) is 0 Å². The number of hydrogen-bond donors (Lipinski definition) is 0. The molecule has 0 N–H and O–H groups in total. The van der Waals surface area contributed by atoms with E-state index in [4.69, 9.17) is 0 Å². The highest BCUT2D eigenvalue weighted by Gasteiger charge is 2.50. The maximum Gasteiger partial charge on any atom is 0.234 e. The lowest BCUT2D eigenvalue weighted by atomic mass is 9.76. The average molecular weight is 223 g/mol. The van der Waals surface area contributed by atoms with Crippen LogP contribution >= 0.6 is 0 Å². The highest BCUT2D eigenvalue weighted by Crippen LogP contribution is 2.38. The molecule has 2 fully saturated rings. The van der Waals surface area contributed by atoms with Gasteiger partial charge in [-0.25, -0.2) is 0 Å². The average Bonchev–Trinajstić information content (AvgIpc) is 2.29. The Balaban J connectivity index is 1.85. The fourth-order valence-corrected chi connectivity index (χ4v) is 2.92. The standard InChI is InChI=1S/C13H21NO2/c1-2-3-4-9-12(15)14-11-8-6-5-7-10(11)13(14)16/h10-11H,2-9H2,1H3. The van der Waals surface area contributed by atoms with Crippen LogP contribution in [0.3, 0.4) is 0 Å². The monoisotopic (exact) mass is 223 g/mol. The molecule has 0 aromatic rings. The normalized spacial score (nSPS) is 28.6. The Morgan fingerprint density at radius 1 is 1.31 bits per heavy atom. The Morgan fingerprint density at radius 2 is 2.06 bits per heavy atom. The predicted octanol–water partition coefficient (Wildman–Crippen LogP) is 2.49. The number of likely N-dealkylation sites (tertiary alicyclic amines) is 1. The van der Waals surface area contributed by atoms with Crippen LogP contribution in [-0.2, 0) is 9.59 Å². The van der Waals surface area contributed by atoms with Gasteiger partial charge < -0.3 is 0 Å². The molecule has 90 valence electrons. The Labute approximate surface area is 97.2 Å². The fourth-order valence-electron chi connectivity index (χ4n) is 2.92. The molecule has 2 unspecified atom stereocenters. The van der Waals surface area contributed by atoms with Crippen molar-refractivity contribution in [2.75, 3.05) is 0 Å². The van der Waals surface area contributed by atoms with Crippen molar-refractivity contribution >= 4 is 11.8 Å². The van der Waals surface area contributed by atoms with Crippen LogP contribution in [0, 0.1) is 5.92 Å². The maximum atomic E-state index is 11.9. The number of nitrogens with zero attached hydrogens (tertiary/aromatic N) is 1. The second-order valence-corrected chi connectivity index (χ2v) is 5.02. The third kappa shape index (κ3) is 2.00. The summed E-state index contributed by atoms with van der Waals surface area (Å²) in [6.45, 7) is 2.12. The van der Waals surface area contributed by atoms with Gasteiger partial charge in [0.15, 0.2) is 0 Å². The predicted molar refractivity (Wildman–Crippen MR) is 61.7 cm³/mol. The summed E-state index contributed by atoms with van der Waals surface area (Å²) in [6, 6.07) is 0.260. The smallest absolute Gasteiger partial charge is 0.234 e. The first-order chi connectivity index (χ1) is 7.75. The highest BCUT2D eigenvalue weighted by molar-refractivity contribution is 6.02. The molecule has 2 amide bonds. The molecule has 2 atom stereocenters. The van der Waals surface area contributed by atoms with E-state index in [9.17, 15) is 9.59 Å². The van der Waals surface area contributed by atoms with Gasteiger partial charge in [-0.3, -0.25) is 14.5 Å². The first-order valence-corrected chi connectivity index (χ1v) is 6.61. The number of imide groups is 1. The zero-order valence-corrected chi connectivity index (χ0v) is 10.1. The van der Waals surface area contributed by atoms with Crippen molar-refractivity contribution in [3.63, 3.8) is 0 Å². The van der Waals surface area contributed by atoms with Crippen molar-refractivity contribution in [2.45, 2.75) is 64.3 Å². The minimum Gasteiger partial charge on any atom is -0.278 e. The number of fused-ring (bicyclic) bond motifs is 1. The molecule has 0 aromatic heterocycles. The highest BCUT2D eigenvalue weighted by atomic mass is 16.2. The van der Waals surface area contributed by atoms with Gasteiger partial charge in [-0.15, -0.1) is 0 Å². The number of carbonyl (C=O) groups is 2. The van der Waals surface area contributed by atoms with E-state index in [1.165, 1.54) is 6.42 Å². The van der Waals surface area contributed by atoms with Crippen LogP contribution in [0.4, 0.5) is 0 Å². The number of hydrogen-bond acceptors (Lipinski definition) is 2. The van der Waals surface area contributed by atoms with E-state index in [-0.39, 0.29) is 23.8 Å². The molecule has 1 heterocycles. The Bertz CT molecular complexity index is 288. The molecular weight excluding hydrogens is 202 g/mol. The zero-order valence-electron chi connectivity index (χ0n) is 10.1. The molecule has 3 heteroatoms. The molecular formula is C13H21NO2. The summed E-state index contributed by atoms with van der Waals surface area (Å²) < 4.78 is 0. The Kier molecular flexibility index (Phi) is 3.62. The summed E-state index contributed by atoms with van der Waals surface area (Å²) in [5, 5.41) is 0. The van der Waals surface area contributed by atoms with Crippen molar-refractivity contribution in [3.8, 4) is 0 Å². The van der Waals surface area contributed by atoms with Crippen LogP contribution in [0.2, 0.25) is 0 Å². The largest absolute Gasteiger partial charge is 0.278 e. The maximum absolute atomic E-state index is 11.9. The molecule has 1 saturated heterocycles. The Morgan fingerprint density at radius 3 is 2.81 bits per heavy atom. The van der Waals surface area contributed by atoms with Crippen molar-refractivity contribution < 1.29 is 9.59 Å². The summed E-state index contributed by atoms with van der Waals surface area (Å²) in [5.41, 5.74) is 0. The molecule has 16 heavy (non-hydrogen) atoms. The van der Waals surface area contributed by atoms with Crippen LogP contribution in [0.15, 0.2) is 0 Å². The van der Waals surface area contributed by atoms with Crippen molar-refractivity contribution in [1.82, 2.24) is 4.90 Å². The van der Waals surface area contributed by atoms with E-state index in [2.05, 4.69) is 6.92 Å². The van der Waals surface area contributed by atoms with Gasteiger partial charge in [-0.1, -0.05) is 32.6 Å². The van der Waals surface area contributed by atoms with Gasteiger partial charge in [-0.05, 0) is 19.3 Å². The van der Waals surface area contributed by atoms with Crippen LogP contribution in [0.1, 0.15) is 58.3 Å². The molecule has 2 rings (SSSR count). The molecule has 0 aromatic carbocycles. The van der Waals surface area contributed by atoms with Crippen LogP contribution in [0.25, 0.3) is 0 Å². The Hall–Kier alpha value is -0.860. The summed E-state index contributed by atoms with van der Waals surface area (Å²) in [5.74, 6) is 0.358. The van der Waals surface area contributed by atoms with Gasteiger partial charge in [-0.2, -0.15) is 0 Å². The summed E-state index contributed by atoms with van der Waals surface area (Å²) >= 11 is 0. The zero-order chi connectivity index (χ0) is 11.5. The van der Waals surface area contributed by atoms with E-state index < -0.39 is 0 Å². The van der Waals surface area contributed by atoms with E-state index in [0.717, 1.165) is 38.5 Å². The lowest BCUT2D eigenvalue weighted by Crippen LogP contribution is -2.63. The topological polar surface area (TPSA) is 37.4 Å². The lowest BCUT2D eigenvalue weighted by molar-refractivity contribution is -0.169. The number of unbranched alkanes of at least 4 members (excludes halogenated alkanes) is 2. The molecule has 0 spiro atoms. The molecule has 2 aliphatic rings. The minimum absolute atomic E-state index is 0.0709. The molecule has 3 nitrogen and oxygen atoms in total. The third-order valence-corrected chi connectivity index (χ3v) is 3.88. The molecule has 0 radical (unpaired) electrons. The molecule has 1 saturated carbocycles. The van der Waals surface area contributed by atoms with Gasteiger partial charge >= 0.3 is 0 Å². The van der Waals surface area contributed by atoms with Gasteiger partial charge in [0.05, 0.1) is 12.0 Å². The molecule has 1 aliphatic carbocycles. The number of amides is 2. The van der Waals surface area contributed by atoms with E-state index in [1.54, 1.807) is 4.90 Å². The van der Waals surface area contributed by atoms with Gasteiger partial charge in [0.2, 0.25) is 11.8 Å². The second-order valence-electron chi connectivity index (χ2n) is 5.02. The quantitative estimate of drug-likeness (QED) is 0.542. The fraction of sp³-hybridized carbons (Fsp3) is 0.846. The van der Waals surface area contributed by atoms with E-state index in [0.29, 0.717) is 6.42 Å². The van der Waals surface area contributed by atoms with Gasteiger partial charge in [0, 0.05) is 6.42 Å². The van der Waals surface area contributed by atoms with Crippen molar-refractivity contribution in [1.29, 1.82) is 0 Å². The van der Waals surface area contributed by atoms with E-state index >= 15 is 0 Å². The minimum atomic E-state index is 0.0709. The summed E-state index contributed by atoms with van der Waals surface area (Å²) in [6.07, 6.45) is 8.06. The number of carbonyl (C=O) groups excluding carboxylic acids is 2. The van der Waals surface area contributed by atoms with Crippen molar-refractivity contribution in [2.24, 2.45) is 5.92 Å². The van der Waals surface area contributed by atoms with Gasteiger partial charge in [0.25, 0.3) is 0 Å². The first kappa shape index (κ1) is 11.6. The summed E-state index contributed by atoms with van der Waals surface area (Å²) in [4.78, 5) is 25.2. The molecule has 0 bridgehead atoms. The van der Waals surface area contributed by atoms with Crippen LogP contribution in [-0.4, -0.2) is 22.8 Å². The van der Waals surface area contributed by atoms with E-state index in [1.807, 2.05) is 0 Å². The summed E-state index contributed by atoms with van der Waals surface area (Å²) in [7, 11) is 0.